The molecule has 1 aliphatic rings. The molecule has 210 valence electrons. The van der Waals surface area contributed by atoms with Gasteiger partial charge >= 0.3 is 26.2 Å². The quantitative estimate of drug-likeness (QED) is 0.136. The molecule has 0 aliphatic carbocycles. The van der Waals surface area contributed by atoms with E-state index in [9.17, 15) is 0 Å². The number of benzene rings is 3. The molecule has 0 aromatic heterocycles. The first-order valence-electron chi connectivity index (χ1n) is 13.0. The van der Waals surface area contributed by atoms with Gasteiger partial charge in [0.25, 0.3) is 0 Å². The van der Waals surface area contributed by atoms with E-state index in [-0.39, 0.29) is 6.10 Å². The lowest BCUT2D eigenvalue weighted by molar-refractivity contribution is 0.104. The zero-order valence-electron chi connectivity index (χ0n) is 23.0. The van der Waals surface area contributed by atoms with Crippen molar-refractivity contribution in [3.63, 3.8) is 0 Å². The normalized spacial score (nSPS) is 15.8. The third-order valence-corrected chi connectivity index (χ3v) is 17.8. The molecule has 1 fully saturated rings. The van der Waals surface area contributed by atoms with Crippen LogP contribution in [0.4, 0.5) is 0 Å². The lowest BCUT2D eigenvalue weighted by atomic mass is 10.4. The summed E-state index contributed by atoms with van der Waals surface area (Å²) in [5.74, 6) is 0. The van der Waals surface area contributed by atoms with Gasteiger partial charge in [0.05, 0.1) is 13.2 Å². The fourth-order valence-corrected chi connectivity index (χ4v) is 16.3. The summed E-state index contributed by atoms with van der Waals surface area (Å²) in [5.41, 5.74) is 0. The SMILES string of the molecule is CO[Si](CCCOCC1CO1)(OC)O[Si](O[Si](OC)(OC)c1ccccc1)(c1ccccc1)c1ccccc1. The van der Waals surface area contributed by atoms with E-state index in [1.54, 1.807) is 28.4 Å². The van der Waals surface area contributed by atoms with E-state index in [1.165, 1.54) is 0 Å². The Morgan fingerprint density at radius 3 is 1.59 bits per heavy atom. The number of ether oxygens (including phenoxy) is 2. The smallest absolute Gasteiger partial charge is 0.387 e. The zero-order valence-corrected chi connectivity index (χ0v) is 26.0. The van der Waals surface area contributed by atoms with E-state index >= 15 is 0 Å². The van der Waals surface area contributed by atoms with Crippen LogP contribution in [0, 0.1) is 0 Å². The predicted octanol–water partition coefficient (Wildman–Crippen LogP) is 2.45. The van der Waals surface area contributed by atoms with Crippen molar-refractivity contribution in [3.8, 4) is 0 Å². The monoisotopic (exact) mass is 586 g/mol. The number of rotatable bonds is 17. The van der Waals surface area contributed by atoms with Gasteiger partial charge < -0.3 is 35.4 Å². The van der Waals surface area contributed by atoms with Gasteiger partial charge in [0, 0.05) is 46.3 Å². The Kier molecular flexibility index (Phi) is 10.8. The van der Waals surface area contributed by atoms with Crippen molar-refractivity contribution in [2.75, 3.05) is 48.3 Å². The van der Waals surface area contributed by atoms with Crippen LogP contribution >= 0.6 is 0 Å². The van der Waals surface area contributed by atoms with E-state index in [2.05, 4.69) is 0 Å². The molecule has 3 aromatic rings. The highest BCUT2D eigenvalue weighted by Gasteiger charge is 2.59. The van der Waals surface area contributed by atoms with Crippen LogP contribution in [0.1, 0.15) is 6.42 Å². The maximum Gasteiger partial charge on any atom is 0.528 e. The molecule has 0 radical (unpaired) electrons. The van der Waals surface area contributed by atoms with Crippen LogP contribution in [0.2, 0.25) is 6.04 Å². The summed E-state index contributed by atoms with van der Waals surface area (Å²) in [7, 11) is -3.86. The Bertz CT molecular complexity index is 1070. The van der Waals surface area contributed by atoms with Crippen molar-refractivity contribution in [2.45, 2.75) is 18.6 Å². The molecule has 0 amide bonds. The van der Waals surface area contributed by atoms with Gasteiger partial charge in [-0.05, 0) is 16.8 Å². The molecule has 1 heterocycles. The van der Waals surface area contributed by atoms with Gasteiger partial charge in [0.2, 0.25) is 0 Å². The number of epoxide rings is 1. The van der Waals surface area contributed by atoms with Gasteiger partial charge in [-0.1, -0.05) is 91.0 Å². The van der Waals surface area contributed by atoms with Crippen LogP contribution in [0.25, 0.3) is 0 Å². The predicted molar refractivity (Wildman–Crippen MR) is 156 cm³/mol. The highest BCUT2D eigenvalue weighted by Crippen LogP contribution is 2.26. The van der Waals surface area contributed by atoms with E-state index < -0.39 is 26.2 Å². The fraction of sp³-hybridized carbons (Fsp3) is 0.357. The van der Waals surface area contributed by atoms with Gasteiger partial charge in [-0.3, -0.25) is 0 Å². The molecule has 11 heteroatoms. The fourth-order valence-electron chi connectivity index (χ4n) is 4.44. The average Bonchev–Trinajstić information content (AvgIpc) is 3.84. The third kappa shape index (κ3) is 7.20. The molecule has 3 aromatic carbocycles. The summed E-state index contributed by atoms with van der Waals surface area (Å²) in [4.78, 5) is 0. The van der Waals surface area contributed by atoms with Crippen molar-refractivity contribution in [1.82, 2.24) is 0 Å². The molecule has 1 saturated heterocycles. The molecular formula is C28H38O8Si3. The van der Waals surface area contributed by atoms with Gasteiger partial charge in [-0.2, -0.15) is 0 Å². The van der Waals surface area contributed by atoms with Gasteiger partial charge in [0.1, 0.15) is 6.10 Å². The summed E-state index contributed by atoms with van der Waals surface area (Å²) in [6.45, 7) is 1.91. The third-order valence-electron chi connectivity index (χ3n) is 6.65. The van der Waals surface area contributed by atoms with E-state index in [0.29, 0.717) is 25.7 Å². The van der Waals surface area contributed by atoms with Crippen LogP contribution in [0.15, 0.2) is 91.0 Å². The van der Waals surface area contributed by atoms with Gasteiger partial charge in [-0.15, -0.1) is 0 Å². The Balaban J connectivity index is 1.79. The maximum absolute atomic E-state index is 7.25. The summed E-state index contributed by atoms with van der Waals surface area (Å²) in [5, 5.41) is 2.62. The molecule has 1 atom stereocenters. The first kappa shape index (κ1) is 30.0. The summed E-state index contributed by atoms with van der Waals surface area (Å²) in [6, 6.07) is 30.3. The van der Waals surface area contributed by atoms with Crippen LogP contribution in [0.5, 0.6) is 0 Å². The van der Waals surface area contributed by atoms with Crippen LogP contribution < -0.4 is 15.6 Å². The Hall–Kier alpha value is -2.01. The second-order valence-corrected chi connectivity index (χ2v) is 18.3. The average molecular weight is 587 g/mol. The van der Waals surface area contributed by atoms with Crippen LogP contribution in [0.3, 0.4) is 0 Å². The summed E-state index contributed by atoms with van der Waals surface area (Å²) in [6.07, 6.45) is 0.918. The molecule has 1 aliphatic heterocycles. The van der Waals surface area contributed by atoms with Crippen LogP contribution in [-0.2, 0) is 35.4 Å². The maximum atomic E-state index is 7.25. The first-order chi connectivity index (χ1) is 19.1. The van der Waals surface area contributed by atoms with Crippen molar-refractivity contribution in [3.05, 3.63) is 91.0 Å². The second kappa shape index (κ2) is 14.1. The Morgan fingerprint density at radius 2 is 1.15 bits per heavy atom. The van der Waals surface area contributed by atoms with Crippen molar-refractivity contribution in [1.29, 1.82) is 0 Å². The molecule has 8 nitrogen and oxygen atoms in total. The minimum Gasteiger partial charge on any atom is -0.387 e. The summed E-state index contributed by atoms with van der Waals surface area (Å²) < 4.78 is 50.0. The molecule has 4 rings (SSSR count). The van der Waals surface area contributed by atoms with E-state index in [1.807, 2.05) is 91.0 Å². The molecule has 39 heavy (non-hydrogen) atoms. The van der Waals surface area contributed by atoms with Crippen molar-refractivity contribution < 1.29 is 35.4 Å². The standard InChI is InChI=1S/C28H38O8Si3/c1-29-37(30-2,22-14-21-33-23-25-24-34-25)35-38(26-15-8-5-9-16-26,27-17-10-6-11-18-27)36-39(31-3,32-4)28-19-12-7-13-20-28/h5-13,15-20,25H,14,21-24H2,1-4H3. The summed E-state index contributed by atoms with van der Waals surface area (Å²) >= 11 is 0. The molecule has 0 bridgehead atoms. The van der Waals surface area contributed by atoms with E-state index in [4.69, 9.17) is 35.4 Å². The number of hydrogen-bond donors (Lipinski definition) is 0. The van der Waals surface area contributed by atoms with Gasteiger partial charge in [0.15, 0.2) is 0 Å². The Morgan fingerprint density at radius 1 is 0.667 bits per heavy atom. The molecule has 0 saturated carbocycles. The minimum atomic E-state index is -3.60. The first-order valence-corrected chi connectivity index (χ1v) is 18.5. The Labute approximate surface area is 234 Å². The highest BCUT2D eigenvalue weighted by molar-refractivity contribution is 7.01. The van der Waals surface area contributed by atoms with E-state index in [0.717, 1.165) is 22.2 Å². The molecule has 1 unspecified atom stereocenters. The molecule has 0 spiro atoms. The second-order valence-electron chi connectivity index (χ2n) is 9.11. The molecule has 0 N–H and O–H groups in total. The minimum absolute atomic E-state index is 0.219. The van der Waals surface area contributed by atoms with Gasteiger partial charge in [-0.25, -0.2) is 0 Å². The highest BCUT2D eigenvalue weighted by atomic mass is 28.5. The number of hydrogen-bond acceptors (Lipinski definition) is 8. The largest absolute Gasteiger partial charge is 0.528 e. The van der Waals surface area contributed by atoms with Crippen molar-refractivity contribution >= 4 is 41.7 Å². The lowest BCUT2D eigenvalue weighted by Gasteiger charge is -2.42. The topological polar surface area (TPSA) is 77.1 Å². The van der Waals surface area contributed by atoms with Crippen LogP contribution in [-0.4, -0.2) is 80.5 Å². The lowest BCUT2D eigenvalue weighted by Crippen LogP contribution is -2.75. The zero-order chi connectivity index (χ0) is 27.6. The molecular weight excluding hydrogens is 549 g/mol. The van der Waals surface area contributed by atoms with Crippen molar-refractivity contribution in [2.24, 2.45) is 0 Å².